The number of rotatable bonds is 4. The second-order valence-corrected chi connectivity index (χ2v) is 5.81. The molecule has 1 heterocycles. The van der Waals surface area contributed by atoms with Crippen molar-refractivity contribution >= 4 is 17.3 Å². The standard InChI is InChI=1S/C17H19FN2O/c18-14-5-6-17-16(9-14)15(7-8-20-17)13-3-1-12(2-4-13)10-19-11-21/h5-9,11-13H,1-4,10H2,(H,19,21). The lowest BCUT2D eigenvalue weighted by atomic mass is 9.78. The summed E-state index contributed by atoms with van der Waals surface area (Å²) in [5, 5.41) is 3.71. The van der Waals surface area contributed by atoms with E-state index in [1.54, 1.807) is 12.1 Å². The van der Waals surface area contributed by atoms with Gasteiger partial charge in [-0.05, 0) is 67.3 Å². The summed E-state index contributed by atoms with van der Waals surface area (Å²) in [6.45, 7) is 0.766. The highest BCUT2D eigenvalue weighted by molar-refractivity contribution is 5.82. The van der Waals surface area contributed by atoms with Gasteiger partial charge in [0.05, 0.1) is 5.52 Å². The van der Waals surface area contributed by atoms with Crippen LogP contribution in [0.2, 0.25) is 0 Å². The molecule has 21 heavy (non-hydrogen) atoms. The summed E-state index contributed by atoms with van der Waals surface area (Å²) in [5.74, 6) is 0.821. The second-order valence-electron chi connectivity index (χ2n) is 5.81. The Hall–Kier alpha value is -1.97. The number of hydrogen-bond donors (Lipinski definition) is 1. The summed E-state index contributed by atoms with van der Waals surface area (Å²) in [5.41, 5.74) is 2.07. The van der Waals surface area contributed by atoms with Gasteiger partial charge in [-0.2, -0.15) is 0 Å². The van der Waals surface area contributed by atoms with E-state index in [9.17, 15) is 9.18 Å². The first-order valence-electron chi connectivity index (χ1n) is 7.49. The third kappa shape index (κ3) is 3.04. The molecule has 0 aliphatic heterocycles. The van der Waals surface area contributed by atoms with Gasteiger partial charge in [-0.1, -0.05) is 0 Å². The Morgan fingerprint density at radius 3 is 2.81 bits per heavy atom. The van der Waals surface area contributed by atoms with Crippen LogP contribution in [0.15, 0.2) is 30.5 Å². The van der Waals surface area contributed by atoms with Crippen LogP contribution < -0.4 is 5.32 Å². The summed E-state index contributed by atoms with van der Waals surface area (Å²) in [6, 6.07) is 6.82. The number of aromatic nitrogens is 1. The molecule has 0 atom stereocenters. The van der Waals surface area contributed by atoms with E-state index in [4.69, 9.17) is 0 Å². The van der Waals surface area contributed by atoms with Crippen molar-refractivity contribution in [2.75, 3.05) is 6.54 Å². The van der Waals surface area contributed by atoms with Crippen molar-refractivity contribution in [1.29, 1.82) is 0 Å². The normalized spacial score (nSPS) is 22.1. The predicted molar refractivity (Wildman–Crippen MR) is 80.5 cm³/mol. The highest BCUT2D eigenvalue weighted by atomic mass is 19.1. The van der Waals surface area contributed by atoms with E-state index in [1.807, 2.05) is 12.3 Å². The van der Waals surface area contributed by atoms with Crippen molar-refractivity contribution < 1.29 is 9.18 Å². The number of hydrogen-bond acceptors (Lipinski definition) is 2. The van der Waals surface area contributed by atoms with Crippen molar-refractivity contribution in [3.8, 4) is 0 Å². The number of amides is 1. The number of fused-ring (bicyclic) bond motifs is 1. The van der Waals surface area contributed by atoms with E-state index in [0.29, 0.717) is 11.8 Å². The lowest BCUT2D eigenvalue weighted by Gasteiger charge is -2.29. The van der Waals surface area contributed by atoms with Gasteiger partial charge in [-0.25, -0.2) is 4.39 Å². The lowest BCUT2D eigenvalue weighted by Crippen LogP contribution is -2.25. The zero-order chi connectivity index (χ0) is 14.7. The molecule has 0 spiro atoms. The number of nitrogens with one attached hydrogen (secondary N) is 1. The molecule has 110 valence electrons. The van der Waals surface area contributed by atoms with Gasteiger partial charge < -0.3 is 5.32 Å². The van der Waals surface area contributed by atoms with E-state index < -0.39 is 0 Å². The molecule has 4 heteroatoms. The number of carbonyl (C=O) groups is 1. The van der Waals surface area contributed by atoms with Gasteiger partial charge in [0, 0.05) is 18.1 Å². The largest absolute Gasteiger partial charge is 0.358 e. The van der Waals surface area contributed by atoms with Crippen LogP contribution in [0, 0.1) is 11.7 Å². The van der Waals surface area contributed by atoms with Gasteiger partial charge in [0.1, 0.15) is 5.82 Å². The average molecular weight is 286 g/mol. The van der Waals surface area contributed by atoms with Crippen molar-refractivity contribution in [3.05, 3.63) is 41.8 Å². The minimum Gasteiger partial charge on any atom is -0.358 e. The minimum absolute atomic E-state index is 0.208. The molecule has 1 aliphatic rings. The van der Waals surface area contributed by atoms with Crippen LogP contribution in [-0.4, -0.2) is 17.9 Å². The molecule has 3 rings (SSSR count). The molecule has 1 aromatic carbocycles. The smallest absolute Gasteiger partial charge is 0.207 e. The average Bonchev–Trinajstić information content (AvgIpc) is 2.53. The Bertz CT molecular complexity index is 636. The van der Waals surface area contributed by atoms with Gasteiger partial charge in [-0.3, -0.25) is 9.78 Å². The van der Waals surface area contributed by atoms with E-state index in [1.165, 1.54) is 11.6 Å². The quantitative estimate of drug-likeness (QED) is 0.875. The molecule has 0 unspecified atom stereocenters. The number of benzene rings is 1. The summed E-state index contributed by atoms with van der Waals surface area (Å²) in [6.07, 6.45) is 6.96. The van der Waals surface area contributed by atoms with E-state index >= 15 is 0 Å². The maximum absolute atomic E-state index is 13.5. The zero-order valence-electron chi connectivity index (χ0n) is 11.9. The van der Waals surface area contributed by atoms with Crippen LogP contribution in [0.25, 0.3) is 10.9 Å². The zero-order valence-corrected chi connectivity index (χ0v) is 11.9. The Kier molecular flexibility index (Phi) is 4.13. The fourth-order valence-electron chi connectivity index (χ4n) is 3.39. The van der Waals surface area contributed by atoms with Crippen LogP contribution in [0.3, 0.4) is 0 Å². The van der Waals surface area contributed by atoms with E-state index in [-0.39, 0.29) is 5.82 Å². The number of pyridine rings is 1. The molecule has 0 saturated heterocycles. The molecule has 1 fully saturated rings. The molecule has 1 N–H and O–H groups in total. The summed E-state index contributed by atoms with van der Waals surface area (Å²) in [7, 11) is 0. The van der Waals surface area contributed by atoms with Gasteiger partial charge in [-0.15, -0.1) is 0 Å². The summed E-state index contributed by atoms with van der Waals surface area (Å²) >= 11 is 0. The van der Waals surface area contributed by atoms with Crippen LogP contribution >= 0.6 is 0 Å². The maximum atomic E-state index is 13.5. The predicted octanol–water partition coefficient (Wildman–Crippen LogP) is 3.39. The van der Waals surface area contributed by atoms with Crippen LogP contribution in [0.4, 0.5) is 4.39 Å². The molecule has 1 saturated carbocycles. The van der Waals surface area contributed by atoms with Crippen molar-refractivity contribution in [2.45, 2.75) is 31.6 Å². The molecular weight excluding hydrogens is 267 g/mol. The fourth-order valence-corrected chi connectivity index (χ4v) is 3.39. The van der Waals surface area contributed by atoms with Gasteiger partial charge in [0.25, 0.3) is 0 Å². The third-order valence-electron chi connectivity index (χ3n) is 4.51. The van der Waals surface area contributed by atoms with Gasteiger partial charge in [0.2, 0.25) is 6.41 Å². The first-order valence-corrected chi connectivity index (χ1v) is 7.49. The van der Waals surface area contributed by atoms with Gasteiger partial charge in [0.15, 0.2) is 0 Å². The minimum atomic E-state index is -0.208. The molecular formula is C17H19FN2O. The van der Waals surface area contributed by atoms with Crippen LogP contribution in [-0.2, 0) is 4.79 Å². The molecule has 2 aromatic rings. The van der Waals surface area contributed by atoms with Gasteiger partial charge >= 0.3 is 0 Å². The van der Waals surface area contributed by atoms with Crippen molar-refractivity contribution in [2.24, 2.45) is 5.92 Å². The first kappa shape index (κ1) is 14.0. The monoisotopic (exact) mass is 286 g/mol. The lowest BCUT2D eigenvalue weighted by molar-refractivity contribution is -0.109. The Balaban J connectivity index is 1.79. The third-order valence-corrected chi connectivity index (χ3v) is 4.51. The van der Waals surface area contributed by atoms with Crippen LogP contribution in [0.1, 0.15) is 37.2 Å². The molecule has 0 bridgehead atoms. The molecule has 1 aromatic heterocycles. The summed E-state index contributed by atoms with van der Waals surface area (Å²) in [4.78, 5) is 14.7. The number of halogens is 1. The molecule has 1 aliphatic carbocycles. The van der Waals surface area contributed by atoms with E-state index in [0.717, 1.165) is 49.5 Å². The van der Waals surface area contributed by atoms with Crippen molar-refractivity contribution in [1.82, 2.24) is 10.3 Å². The number of nitrogens with zero attached hydrogens (tertiary/aromatic N) is 1. The Morgan fingerprint density at radius 1 is 1.24 bits per heavy atom. The number of carbonyl (C=O) groups excluding carboxylic acids is 1. The SMILES string of the molecule is O=CNCC1CCC(c2ccnc3ccc(F)cc23)CC1. The fraction of sp³-hybridized carbons (Fsp3) is 0.412. The highest BCUT2D eigenvalue weighted by Gasteiger charge is 2.23. The second kappa shape index (κ2) is 6.20. The molecule has 3 nitrogen and oxygen atoms in total. The Labute approximate surface area is 123 Å². The van der Waals surface area contributed by atoms with Crippen LogP contribution in [0.5, 0.6) is 0 Å². The van der Waals surface area contributed by atoms with Crippen molar-refractivity contribution in [3.63, 3.8) is 0 Å². The molecule has 1 amide bonds. The Morgan fingerprint density at radius 2 is 2.05 bits per heavy atom. The first-order chi connectivity index (χ1) is 10.3. The summed E-state index contributed by atoms with van der Waals surface area (Å²) < 4.78 is 13.5. The maximum Gasteiger partial charge on any atom is 0.207 e. The molecule has 0 radical (unpaired) electrons. The topological polar surface area (TPSA) is 42.0 Å². The van der Waals surface area contributed by atoms with E-state index in [2.05, 4.69) is 10.3 Å². The highest BCUT2D eigenvalue weighted by Crippen LogP contribution is 2.38.